The highest BCUT2D eigenvalue weighted by Gasteiger charge is 2.11. The third-order valence-electron chi connectivity index (χ3n) is 5.97. The van der Waals surface area contributed by atoms with Gasteiger partial charge in [0.2, 0.25) is 6.33 Å². The summed E-state index contributed by atoms with van der Waals surface area (Å²) in [5.74, 6) is 0. The van der Waals surface area contributed by atoms with Crippen LogP contribution in [-0.2, 0) is 6.54 Å². The van der Waals surface area contributed by atoms with Crippen LogP contribution in [0.2, 0.25) is 0 Å². The van der Waals surface area contributed by atoms with E-state index in [1.807, 2.05) is 0 Å². The molecule has 1 unspecified atom stereocenters. The highest BCUT2D eigenvalue weighted by Crippen LogP contribution is 2.15. The maximum absolute atomic E-state index is 2.41. The van der Waals surface area contributed by atoms with Gasteiger partial charge in [-0.15, -0.1) is 0 Å². The highest BCUT2D eigenvalue weighted by molar-refractivity contribution is 4.72. The molecule has 0 amide bonds. The zero-order valence-corrected chi connectivity index (χ0v) is 18.9. The Morgan fingerprint density at radius 1 is 0.667 bits per heavy atom. The van der Waals surface area contributed by atoms with Crippen LogP contribution in [0.1, 0.15) is 136 Å². The van der Waals surface area contributed by atoms with Crippen molar-refractivity contribution in [3.63, 3.8) is 0 Å². The van der Waals surface area contributed by atoms with Crippen LogP contribution in [0.5, 0.6) is 0 Å². The maximum Gasteiger partial charge on any atom is 0.243 e. The molecule has 1 heterocycles. The fourth-order valence-corrected chi connectivity index (χ4v) is 3.95. The minimum atomic E-state index is 0.644. The minimum Gasteiger partial charge on any atom is -0.237 e. The summed E-state index contributed by atoms with van der Waals surface area (Å²) in [6, 6.07) is 0.644. The van der Waals surface area contributed by atoms with Gasteiger partial charge in [0.1, 0.15) is 12.4 Å². The van der Waals surface area contributed by atoms with Crippen LogP contribution in [0, 0.1) is 0 Å². The Kier molecular flexibility index (Phi) is 15.6. The summed E-state index contributed by atoms with van der Waals surface area (Å²) in [6.45, 7) is 8.13. The van der Waals surface area contributed by atoms with Crippen molar-refractivity contribution in [3.8, 4) is 0 Å². The van der Waals surface area contributed by atoms with Gasteiger partial charge in [0.05, 0.1) is 12.6 Å². The number of aryl methyl sites for hydroxylation is 1. The molecule has 0 radical (unpaired) electrons. The molecule has 2 nitrogen and oxygen atoms in total. The third kappa shape index (κ3) is 13.1. The minimum absolute atomic E-state index is 0.644. The van der Waals surface area contributed by atoms with E-state index in [4.69, 9.17) is 0 Å². The molecule has 0 aliphatic rings. The van der Waals surface area contributed by atoms with E-state index in [0.717, 1.165) is 0 Å². The molecule has 1 rings (SSSR count). The summed E-state index contributed by atoms with van der Waals surface area (Å²) in [4.78, 5) is 0. The second-order valence-corrected chi connectivity index (χ2v) is 8.69. The molecule has 27 heavy (non-hydrogen) atoms. The van der Waals surface area contributed by atoms with Gasteiger partial charge in [-0.1, -0.05) is 97.3 Å². The summed E-state index contributed by atoms with van der Waals surface area (Å²) >= 11 is 0. The lowest BCUT2D eigenvalue weighted by atomic mass is 10.1. The van der Waals surface area contributed by atoms with E-state index in [-0.39, 0.29) is 0 Å². The van der Waals surface area contributed by atoms with E-state index >= 15 is 0 Å². The summed E-state index contributed by atoms with van der Waals surface area (Å²) in [7, 11) is 0. The van der Waals surface area contributed by atoms with Crippen molar-refractivity contribution >= 4 is 0 Å². The van der Waals surface area contributed by atoms with Crippen LogP contribution in [0.4, 0.5) is 0 Å². The zero-order valence-electron chi connectivity index (χ0n) is 18.9. The lowest BCUT2D eigenvalue weighted by molar-refractivity contribution is -0.697. The maximum atomic E-state index is 2.41. The molecule has 0 saturated heterocycles. The first-order chi connectivity index (χ1) is 13.3. The van der Waals surface area contributed by atoms with Crippen molar-refractivity contribution in [2.24, 2.45) is 0 Å². The Morgan fingerprint density at radius 3 is 1.70 bits per heavy atom. The van der Waals surface area contributed by atoms with Crippen LogP contribution >= 0.6 is 0 Å². The van der Waals surface area contributed by atoms with Gasteiger partial charge in [0, 0.05) is 0 Å². The number of unbranched alkanes of at least 4 members (excludes halogenated alkanes) is 14. The van der Waals surface area contributed by atoms with Crippen molar-refractivity contribution in [2.75, 3.05) is 0 Å². The summed E-state index contributed by atoms with van der Waals surface area (Å²) in [5, 5.41) is 0. The SMILES string of the molecule is CCCCCCCCCCCCCC[n+]1ccn(C(C)CCCCCC)c1. The number of aromatic nitrogens is 2. The highest BCUT2D eigenvalue weighted by atomic mass is 15.1. The molecule has 0 fully saturated rings. The standard InChI is InChI=1S/C25H49N2/c1-4-6-8-10-11-12-13-14-15-16-17-19-21-26-22-23-27(24-26)25(3)20-18-9-7-5-2/h22-25H,4-21H2,1-3H3/q+1. The molecule has 2 heteroatoms. The van der Waals surface area contributed by atoms with Gasteiger partial charge in [-0.2, -0.15) is 0 Å². The lowest BCUT2D eigenvalue weighted by Gasteiger charge is -2.07. The molecule has 0 N–H and O–H groups in total. The predicted molar refractivity (Wildman–Crippen MR) is 119 cm³/mol. The number of imidazole rings is 1. The first kappa shape index (κ1) is 24.2. The van der Waals surface area contributed by atoms with Gasteiger partial charge in [-0.05, 0) is 32.6 Å². The molecule has 1 aromatic heterocycles. The predicted octanol–water partition coefficient (Wildman–Crippen LogP) is 8.01. The molecular formula is C25H49N2+. The van der Waals surface area contributed by atoms with Crippen LogP contribution < -0.4 is 4.57 Å². The van der Waals surface area contributed by atoms with E-state index in [1.54, 1.807) is 0 Å². The van der Waals surface area contributed by atoms with Crippen molar-refractivity contribution in [3.05, 3.63) is 18.7 Å². The molecular weight excluding hydrogens is 328 g/mol. The largest absolute Gasteiger partial charge is 0.243 e. The van der Waals surface area contributed by atoms with Crippen molar-refractivity contribution in [1.29, 1.82) is 0 Å². The van der Waals surface area contributed by atoms with Gasteiger partial charge >= 0.3 is 0 Å². The third-order valence-corrected chi connectivity index (χ3v) is 5.97. The zero-order chi connectivity index (χ0) is 19.6. The molecule has 1 atom stereocenters. The van der Waals surface area contributed by atoms with Crippen molar-refractivity contribution < 1.29 is 4.57 Å². The monoisotopic (exact) mass is 377 g/mol. The average Bonchev–Trinajstić information content (AvgIpc) is 3.15. The average molecular weight is 378 g/mol. The topological polar surface area (TPSA) is 8.81 Å². The smallest absolute Gasteiger partial charge is 0.237 e. The fraction of sp³-hybridized carbons (Fsp3) is 0.880. The number of nitrogens with zero attached hydrogens (tertiary/aromatic N) is 2. The fourth-order valence-electron chi connectivity index (χ4n) is 3.95. The summed E-state index contributed by atoms with van der Waals surface area (Å²) in [6.07, 6.45) is 30.8. The van der Waals surface area contributed by atoms with Gasteiger partial charge < -0.3 is 0 Å². The Balaban J connectivity index is 1.96. The first-order valence-corrected chi connectivity index (χ1v) is 12.3. The van der Waals surface area contributed by atoms with Gasteiger partial charge in [-0.25, -0.2) is 9.13 Å². The molecule has 1 aromatic rings. The Labute approximate surface area is 170 Å². The van der Waals surface area contributed by atoms with Crippen LogP contribution in [-0.4, -0.2) is 4.57 Å². The Morgan fingerprint density at radius 2 is 1.15 bits per heavy atom. The summed E-state index contributed by atoms with van der Waals surface area (Å²) < 4.78 is 4.80. The normalized spacial score (nSPS) is 12.6. The Bertz CT molecular complexity index is 424. The van der Waals surface area contributed by atoms with Crippen LogP contribution in [0.25, 0.3) is 0 Å². The first-order valence-electron chi connectivity index (χ1n) is 12.3. The molecule has 0 saturated carbocycles. The van der Waals surface area contributed by atoms with Crippen LogP contribution in [0.3, 0.4) is 0 Å². The molecule has 158 valence electrons. The number of hydrogen-bond acceptors (Lipinski definition) is 0. The van der Waals surface area contributed by atoms with E-state index < -0.39 is 0 Å². The molecule has 0 bridgehead atoms. The van der Waals surface area contributed by atoms with Crippen molar-refractivity contribution in [1.82, 2.24) is 4.57 Å². The molecule has 0 spiro atoms. The quantitative estimate of drug-likeness (QED) is 0.170. The Hall–Kier alpha value is -0.790. The molecule has 0 aliphatic heterocycles. The van der Waals surface area contributed by atoms with Gasteiger partial charge in [0.15, 0.2) is 0 Å². The second-order valence-electron chi connectivity index (χ2n) is 8.69. The summed E-state index contributed by atoms with van der Waals surface area (Å²) in [5.41, 5.74) is 0. The van der Waals surface area contributed by atoms with Crippen LogP contribution in [0.15, 0.2) is 18.7 Å². The number of hydrogen-bond donors (Lipinski definition) is 0. The van der Waals surface area contributed by atoms with Gasteiger partial charge in [0.25, 0.3) is 0 Å². The lowest BCUT2D eigenvalue weighted by Crippen LogP contribution is -2.31. The van der Waals surface area contributed by atoms with E-state index in [2.05, 4.69) is 48.6 Å². The molecule has 0 aromatic carbocycles. The van der Waals surface area contributed by atoms with Crippen molar-refractivity contribution in [2.45, 2.75) is 143 Å². The van der Waals surface area contributed by atoms with E-state index in [1.165, 1.54) is 116 Å². The number of rotatable bonds is 19. The van der Waals surface area contributed by atoms with E-state index in [9.17, 15) is 0 Å². The van der Waals surface area contributed by atoms with E-state index in [0.29, 0.717) is 6.04 Å². The molecule has 0 aliphatic carbocycles. The van der Waals surface area contributed by atoms with Gasteiger partial charge in [-0.3, -0.25) is 0 Å². The second kappa shape index (κ2) is 17.3.